The molecule has 6 heavy (non-hydrogen) atoms. The van der Waals surface area contributed by atoms with Crippen LogP contribution >= 0.6 is 0 Å². The first-order valence-corrected chi connectivity index (χ1v) is 2.00. The van der Waals surface area contributed by atoms with Gasteiger partial charge in [-0.15, -0.1) is 6.91 Å². The zero-order chi connectivity index (χ0) is 4.24. The zero-order valence-electron chi connectivity index (χ0n) is 3.46. The third-order valence-electron chi connectivity index (χ3n) is 0.655. The van der Waals surface area contributed by atoms with E-state index in [1.165, 1.54) is 0 Å². The Hall–Kier alpha value is -0.655. The standard InChI is InChI=1S/C4H5BN/c1-2-5-4-6-3-1/h1-5H/q-1. The van der Waals surface area contributed by atoms with E-state index in [9.17, 15) is 0 Å². The van der Waals surface area contributed by atoms with Gasteiger partial charge in [0.15, 0.2) is 0 Å². The molecule has 0 N–H and O–H groups in total. The summed E-state index contributed by atoms with van der Waals surface area (Å²) >= 11 is 0. The van der Waals surface area contributed by atoms with Crippen LogP contribution in [0.3, 0.4) is 0 Å². The minimum Gasteiger partial charge on any atom is -0.312 e. The van der Waals surface area contributed by atoms with Gasteiger partial charge in [-0.25, -0.2) is 0 Å². The van der Waals surface area contributed by atoms with Gasteiger partial charge in [0.2, 0.25) is 0 Å². The van der Waals surface area contributed by atoms with Gasteiger partial charge < -0.3 is 4.98 Å². The lowest BCUT2D eigenvalue weighted by atomic mass is 10.0. The lowest BCUT2D eigenvalue weighted by Crippen LogP contribution is -1.68. The van der Waals surface area contributed by atoms with Crippen molar-refractivity contribution in [2.24, 2.45) is 0 Å². The van der Waals surface area contributed by atoms with E-state index in [4.69, 9.17) is 0 Å². The molecule has 0 bridgehead atoms. The molecule has 0 aliphatic carbocycles. The molecule has 0 aliphatic rings. The second kappa shape index (κ2) is 1.70. The summed E-state index contributed by atoms with van der Waals surface area (Å²) in [6.45, 7) is 0.997. The normalized spacial score (nSPS) is 8.00. The SMILES string of the molecule is [bH-]1cccnc1. The van der Waals surface area contributed by atoms with Crippen LogP contribution in [0.5, 0.6) is 0 Å². The fourth-order valence-corrected chi connectivity index (χ4v) is 0.372. The lowest BCUT2D eigenvalue weighted by molar-refractivity contribution is 1.38. The Balaban J connectivity index is 3.00. The van der Waals surface area contributed by atoms with Crippen molar-refractivity contribution in [3.63, 3.8) is 0 Å². The Kier molecular flexibility index (Phi) is 1.00. The van der Waals surface area contributed by atoms with Crippen LogP contribution in [0, 0.1) is 0 Å². The van der Waals surface area contributed by atoms with E-state index in [0.717, 1.165) is 6.91 Å². The summed E-state index contributed by atoms with van der Waals surface area (Å²) in [5, 5.41) is 0. The zero-order valence-corrected chi connectivity index (χ0v) is 3.46. The number of aromatic nitrogens is 1. The number of nitrogens with zero attached hydrogens (tertiary/aromatic N) is 1. The molecule has 0 unspecified atom stereocenters. The third kappa shape index (κ3) is 0.644. The number of rotatable bonds is 0. The van der Waals surface area contributed by atoms with Crippen LogP contribution in [-0.4, -0.2) is 11.9 Å². The molecule has 1 heterocycles. The number of hydrogen-bond acceptors (Lipinski definition) is 1. The Morgan fingerprint density at radius 2 is 2.50 bits per heavy atom. The smallest absolute Gasteiger partial charge is 0.0186 e. The average Bonchev–Trinajstić information content (AvgIpc) is 1.72. The van der Waals surface area contributed by atoms with E-state index >= 15 is 0 Å². The minimum absolute atomic E-state index is 0.997. The molecular formula is C4H5BN-. The fourth-order valence-electron chi connectivity index (χ4n) is 0.372. The summed E-state index contributed by atoms with van der Waals surface area (Å²) in [5.74, 6) is 2.06. The van der Waals surface area contributed by atoms with Crippen molar-refractivity contribution < 1.29 is 0 Å². The van der Waals surface area contributed by atoms with Crippen LogP contribution in [-0.2, 0) is 0 Å². The molecule has 0 aliphatic heterocycles. The van der Waals surface area contributed by atoms with Crippen LogP contribution < -0.4 is 0 Å². The molecule has 2 heteroatoms. The van der Waals surface area contributed by atoms with Crippen molar-refractivity contribution >= 4 is 6.91 Å². The molecule has 1 rings (SSSR count). The topological polar surface area (TPSA) is 12.9 Å². The van der Waals surface area contributed by atoms with Gasteiger partial charge in [0, 0.05) is 6.20 Å². The second-order valence-corrected chi connectivity index (χ2v) is 1.14. The van der Waals surface area contributed by atoms with Gasteiger partial charge in [0.1, 0.15) is 0 Å². The van der Waals surface area contributed by atoms with Gasteiger partial charge in [-0.3, -0.25) is 5.96 Å². The van der Waals surface area contributed by atoms with Gasteiger partial charge in [-0.05, 0) is 0 Å². The molecule has 1 nitrogen and oxygen atoms in total. The lowest BCUT2D eigenvalue weighted by Gasteiger charge is -1.80. The summed E-state index contributed by atoms with van der Waals surface area (Å²) in [6, 6.07) is 1.94. The van der Waals surface area contributed by atoms with Crippen LogP contribution in [0.15, 0.2) is 24.3 Å². The summed E-state index contributed by atoms with van der Waals surface area (Å²) in [4.78, 5) is 3.84. The fraction of sp³-hybridized carbons (Fsp3) is 0. The molecule has 0 spiro atoms. The summed E-state index contributed by atoms with van der Waals surface area (Å²) in [5.41, 5.74) is 0. The maximum atomic E-state index is 3.84. The Morgan fingerprint density at radius 3 is 2.67 bits per heavy atom. The highest BCUT2D eigenvalue weighted by atomic mass is 14.6. The molecule has 0 saturated heterocycles. The van der Waals surface area contributed by atoms with E-state index in [0.29, 0.717) is 0 Å². The summed E-state index contributed by atoms with van der Waals surface area (Å²) < 4.78 is 0. The molecule has 1 aromatic heterocycles. The first-order valence-electron chi connectivity index (χ1n) is 2.00. The van der Waals surface area contributed by atoms with E-state index < -0.39 is 0 Å². The molecule has 0 aromatic carbocycles. The Bertz CT molecular complexity index is 79.5. The van der Waals surface area contributed by atoms with Crippen molar-refractivity contribution in [1.82, 2.24) is 4.98 Å². The van der Waals surface area contributed by atoms with Crippen molar-refractivity contribution in [3.05, 3.63) is 24.3 Å². The van der Waals surface area contributed by atoms with Crippen molar-refractivity contribution in [2.45, 2.75) is 0 Å². The highest BCUT2D eigenvalue weighted by molar-refractivity contribution is 6.25. The molecule has 1 aromatic rings. The van der Waals surface area contributed by atoms with Crippen molar-refractivity contribution in [1.29, 1.82) is 0 Å². The van der Waals surface area contributed by atoms with E-state index in [-0.39, 0.29) is 0 Å². The maximum absolute atomic E-state index is 3.84. The highest BCUT2D eigenvalue weighted by Gasteiger charge is 1.48. The second-order valence-electron chi connectivity index (χ2n) is 1.14. The first-order chi connectivity index (χ1) is 3.00. The van der Waals surface area contributed by atoms with Crippen LogP contribution in [0.25, 0.3) is 0 Å². The first kappa shape index (κ1) is 3.53. The molecule has 0 amide bonds. The molecule has 0 radical (unpaired) electrons. The van der Waals surface area contributed by atoms with Gasteiger partial charge in [-0.2, -0.15) is 6.09 Å². The van der Waals surface area contributed by atoms with E-state index in [1.54, 1.807) is 6.20 Å². The van der Waals surface area contributed by atoms with Gasteiger partial charge in [0.05, 0.1) is 0 Å². The van der Waals surface area contributed by atoms with Gasteiger partial charge >= 0.3 is 0 Å². The predicted octanol–water partition coefficient (Wildman–Crippen LogP) is 0.152. The van der Waals surface area contributed by atoms with Crippen LogP contribution in [0.2, 0.25) is 0 Å². The monoisotopic (exact) mass is 78.1 g/mol. The Morgan fingerprint density at radius 1 is 1.50 bits per heavy atom. The quantitative estimate of drug-likeness (QED) is 0.430. The average molecular weight is 77.9 g/mol. The van der Waals surface area contributed by atoms with Crippen LogP contribution in [0.1, 0.15) is 0 Å². The molecule has 0 saturated carbocycles. The third-order valence-corrected chi connectivity index (χ3v) is 0.655. The molecular weight excluding hydrogens is 72.9 g/mol. The van der Waals surface area contributed by atoms with Gasteiger partial charge in [0.25, 0.3) is 0 Å². The molecule has 0 fully saturated rings. The van der Waals surface area contributed by atoms with Crippen LogP contribution in [0.4, 0.5) is 0 Å². The highest BCUT2D eigenvalue weighted by Crippen LogP contribution is 1.65. The summed E-state index contributed by atoms with van der Waals surface area (Å²) in [6.07, 6.45) is 3.66. The molecule has 0 atom stereocenters. The summed E-state index contributed by atoms with van der Waals surface area (Å²) in [7, 11) is 0. The van der Waals surface area contributed by atoms with Crippen molar-refractivity contribution in [2.75, 3.05) is 0 Å². The maximum Gasteiger partial charge on any atom is 0.0186 e. The predicted molar refractivity (Wildman–Crippen MR) is 27.0 cm³/mol. The van der Waals surface area contributed by atoms with E-state index in [1.807, 2.05) is 12.2 Å². The minimum atomic E-state index is 0.997. The largest absolute Gasteiger partial charge is 0.312 e. The van der Waals surface area contributed by atoms with Gasteiger partial charge in [-0.1, -0.05) is 6.07 Å². The number of hydrogen-bond donors (Lipinski definition) is 0. The molecule has 30 valence electrons. The van der Waals surface area contributed by atoms with Crippen molar-refractivity contribution in [3.8, 4) is 0 Å². The Labute approximate surface area is 37.3 Å². The van der Waals surface area contributed by atoms with E-state index in [2.05, 4.69) is 10.9 Å².